The van der Waals surface area contributed by atoms with Crippen LogP contribution in [0.25, 0.3) is 0 Å². The van der Waals surface area contributed by atoms with Crippen LogP contribution < -0.4 is 4.72 Å². The number of alkyl halides is 3. The van der Waals surface area contributed by atoms with Gasteiger partial charge in [0.25, 0.3) is 0 Å². The van der Waals surface area contributed by atoms with Crippen molar-refractivity contribution in [3.8, 4) is 0 Å². The molecular weight excluding hydrogens is 275 g/mol. The number of nitrogens with one attached hydrogen (secondary N) is 1. The van der Waals surface area contributed by atoms with Gasteiger partial charge in [-0.15, -0.1) is 4.72 Å². The van der Waals surface area contributed by atoms with E-state index in [2.05, 4.69) is 4.72 Å². The van der Waals surface area contributed by atoms with Crippen molar-refractivity contribution in [2.75, 3.05) is 0 Å². The summed E-state index contributed by atoms with van der Waals surface area (Å²) < 4.78 is 51.6. The average molecular weight is 293 g/mol. The number of halogens is 3. The predicted octanol–water partition coefficient (Wildman–Crippen LogP) is 3.82. The van der Waals surface area contributed by atoms with Gasteiger partial charge in [0.1, 0.15) is 4.75 Å². The molecular formula is C13H18F3NOS. The standard InChI is InChI=1S/C13H18F3NOS/c1-9(17-19(18)12(2,3)4)10-5-7-11(8-6-10)13(14,15)16/h5-9,17H,1-4H3/t9-,19?/m1/s1. The minimum atomic E-state index is -4.33. The lowest BCUT2D eigenvalue weighted by Crippen LogP contribution is -2.40. The summed E-state index contributed by atoms with van der Waals surface area (Å²) in [7, 11) is 0. The fourth-order valence-corrected chi connectivity index (χ4v) is 2.18. The van der Waals surface area contributed by atoms with Gasteiger partial charge in [0.2, 0.25) is 0 Å². The van der Waals surface area contributed by atoms with Crippen LogP contribution in [0.15, 0.2) is 24.3 Å². The summed E-state index contributed by atoms with van der Waals surface area (Å²) in [5, 5.41) is 0. The van der Waals surface area contributed by atoms with Crippen LogP contribution in [0, 0.1) is 0 Å². The fourth-order valence-electron chi connectivity index (χ4n) is 1.37. The molecule has 6 heteroatoms. The number of rotatable bonds is 3. The van der Waals surface area contributed by atoms with Gasteiger partial charge in [0.05, 0.1) is 11.6 Å². The van der Waals surface area contributed by atoms with Crippen LogP contribution in [-0.4, -0.2) is 9.30 Å². The summed E-state index contributed by atoms with van der Waals surface area (Å²) in [5.74, 6) is 0. The van der Waals surface area contributed by atoms with Crippen LogP contribution in [0.3, 0.4) is 0 Å². The maximum Gasteiger partial charge on any atom is 0.416 e. The predicted molar refractivity (Wildman–Crippen MR) is 70.9 cm³/mol. The average Bonchev–Trinajstić information content (AvgIpc) is 2.26. The van der Waals surface area contributed by atoms with Gasteiger partial charge in [0.15, 0.2) is 0 Å². The molecule has 1 N–H and O–H groups in total. The van der Waals surface area contributed by atoms with E-state index in [0.29, 0.717) is 5.56 Å². The zero-order valence-corrected chi connectivity index (χ0v) is 12.2. The lowest BCUT2D eigenvalue weighted by Gasteiger charge is -2.26. The molecule has 0 spiro atoms. The monoisotopic (exact) mass is 293 g/mol. The number of hydrogen-bond acceptors (Lipinski definition) is 2. The van der Waals surface area contributed by atoms with Gasteiger partial charge in [-0.2, -0.15) is 13.2 Å². The SMILES string of the molecule is C[C@@H](N[S+]([O-])C(C)(C)C)c1ccc(C(F)(F)F)cc1. The third-order valence-electron chi connectivity index (χ3n) is 2.58. The Morgan fingerprint density at radius 3 is 1.95 bits per heavy atom. The van der Waals surface area contributed by atoms with Crippen molar-refractivity contribution in [2.24, 2.45) is 0 Å². The fraction of sp³-hybridized carbons (Fsp3) is 0.538. The molecule has 2 atom stereocenters. The summed E-state index contributed by atoms with van der Waals surface area (Å²) in [6.07, 6.45) is -4.33. The van der Waals surface area contributed by atoms with E-state index in [-0.39, 0.29) is 6.04 Å². The highest BCUT2D eigenvalue weighted by atomic mass is 32.2. The smallest absolute Gasteiger partial charge is 0.416 e. The molecule has 1 aromatic carbocycles. The van der Waals surface area contributed by atoms with Crippen molar-refractivity contribution < 1.29 is 17.7 Å². The summed E-state index contributed by atoms with van der Waals surface area (Å²) in [4.78, 5) is 0. The van der Waals surface area contributed by atoms with Gasteiger partial charge in [-0.3, -0.25) is 0 Å². The van der Waals surface area contributed by atoms with Crippen LogP contribution in [0.2, 0.25) is 0 Å². The first kappa shape index (κ1) is 16.3. The molecule has 1 unspecified atom stereocenters. The topological polar surface area (TPSA) is 35.1 Å². The molecule has 0 aliphatic rings. The molecule has 0 heterocycles. The molecule has 0 aliphatic heterocycles. The third kappa shape index (κ3) is 4.71. The molecule has 1 aromatic rings. The van der Waals surface area contributed by atoms with Crippen LogP contribution in [-0.2, 0) is 17.5 Å². The van der Waals surface area contributed by atoms with Gasteiger partial charge in [-0.1, -0.05) is 12.1 Å². The molecule has 0 saturated heterocycles. The minimum absolute atomic E-state index is 0.276. The minimum Gasteiger partial charge on any atom is -0.598 e. The molecule has 0 aliphatic carbocycles. The Hall–Kier alpha value is -0.720. The highest BCUT2D eigenvalue weighted by Gasteiger charge is 2.31. The molecule has 0 aromatic heterocycles. The molecule has 0 amide bonds. The van der Waals surface area contributed by atoms with E-state index in [9.17, 15) is 17.7 Å². The Morgan fingerprint density at radius 2 is 1.58 bits per heavy atom. The summed E-state index contributed by atoms with van der Waals surface area (Å²) in [6.45, 7) is 7.26. The maximum atomic E-state index is 12.4. The Kier molecular flexibility index (Phi) is 4.92. The molecule has 2 nitrogen and oxygen atoms in total. The van der Waals surface area contributed by atoms with E-state index in [0.717, 1.165) is 12.1 Å². The summed E-state index contributed by atoms with van der Waals surface area (Å²) >= 11 is -1.26. The maximum absolute atomic E-state index is 12.4. The van der Waals surface area contributed by atoms with E-state index >= 15 is 0 Å². The first-order valence-corrected chi connectivity index (χ1v) is 7.02. The van der Waals surface area contributed by atoms with E-state index in [1.54, 1.807) is 6.92 Å². The van der Waals surface area contributed by atoms with E-state index in [4.69, 9.17) is 0 Å². The number of benzene rings is 1. The highest BCUT2D eigenvalue weighted by Crippen LogP contribution is 2.30. The van der Waals surface area contributed by atoms with Crippen LogP contribution in [0.5, 0.6) is 0 Å². The Labute approximate surface area is 114 Å². The first-order valence-electron chi connectivity index (χ1n) is 5.87. The molecule has 108 valence electrons. The molecule has 0 radical (unpaired) electrons. The lowest BCUT2D eigenvalue weighted by molar-refractivity contribution is -0.137. The van der Waals surface area contributed by atoms with Crippen LogP contribution in [0.4, 0.5) is 13.2 Å². The Balaban J connectivity index is 2.76. The number of hydrogen-bond donors (Lipinski definition) is 1. The van der Waals surface area contributed by atoms with Crippen molar-refractivity contribution in [3.05, 3.63) is 35.4 Å². The van der Waals surface area contributed by atoms with E-state index < -0.39 is 27.8 Å². The van der Waals surface area contributed by atoms with Crippen LogP contribution in [0.1, 0.15) is 44.9 Å². The van der Waals surface area contributed by atoms with Gasteiger partial charge in [-0.05, 0) is 45.4 Å². The Morgan fingerprint density at radius 1 is 1.11 bits per heavy atom. The van der Waals surface area contributed by atoms with Gasteiger partial charge < -0.3 is 4.55 Å². The molecule has 0 fully saturated rings. The first-order chi connectivity index (χ1) is 8.51. The van der Waals surface area contributed by atoms with Crippen molar-refractivity contribution in [1.29, 1.82) is 0 Å². The van der Waals surface area contributed by atoms with Gasteiger partial charge >= 0.3 is 6.18 Å². The van der Waals surface area contributed by atoms with E-state index in [1.165, 1.54) is 12.1 Å². The Bertz CT molecular complexity index is 411. The molecule has 1 rings (SSSR count). The third-order valence-corrected chi connectivity index (χ3v) is 4.26. The van der Waals surface area contributed by atoms with Gasteiger partial charge in [-0.25, -0.2) is 0 Å². The highest BCUT2D eigenvalue weighted by molar-refractivity contribution is 7.90. The zero-order valence-electron chi connectivity index (χ0n) is 11.3. The van der Waals surface area contributed by atoms with Crippen molar-refractivity contribution in [2.45, 2.75) is 44.7 Å². The molecule has 19 heavy (non-hydrogen) atoms. The zero-order chi connectivity index (χ0) is 14.8. The second-order valence-electron chi connectivity index (χ2n) is 5.34. The van der Waals surface area contributed by atoms with Gasteiger partial charge in [0, 0.05) is 11.4 Å². The molecule has 0 saturated carbocycles. The molecule has 0 bridgehead atoms. The second kappa shape index (κ2) is 5.73. The lowest BCUT2D eigenvalue weighted by atomic mass is 10.1. The normalized spacial score (nSPS) is 16.2. The van der Waals surface area contributed by atoms with Crippen molar-refractivity contribution in [1.82, 2.24) is 4.72 Å². The van der Waals surface area contributed by atoms with Crippen LogP contribution >= 0.6 is 0 Å². The van der Waals surface area contributed by atoms with E-state index in [1.807, 2.05) is 20.8 Å². The van der Waals surface area contributed by atoms with Crippen molar-refractivity contribution in [3.63, 3.8) is 0 Å². The second-order valence-corrected chi connectivity index (χ2v) is 7.34. The quantitative estimate of drug-likeness (QED) is 0.860. The largest absolute Gasteiger partial charge is 0.598 e. The van der Waals surface area contributed by atoms with Crippen molar-refractivity contribution >= 4 is 11.4 Å². The summed E-state index contributed by atoms with van der Waals surface area (Å²) in [6, 6.07) is 4.60. The summed E-state index contributed by atoms with van der Waals surface area (Å²) in [5.41, 5.74) is -0.00834.